The van der Waals surface area contributed by atoms with Gasteiger partial charge in [0.25, 0.3) is 0 Å². The molecule has 0 saturated carbocycles. The Hall–Kier alpha value is -2.24. The average Bonchev–Trinajstić information content (AvgIpc) is 2.95. The molecule has 2 N–H and O–H groups in total. The summed E-state index contributed by atoms with van der Waals surface area (Å²) in [6.07, 6.45) is 0. The molecule has 0 fully saturated rings. The fourth-order valence-electron chi connectivity index (χ4n) is 2.24. The topological polar surface area (TPSA) is 56.7 Å². The van der Waals surface area contributed by atoms with E-state index in [2.05, 4.69) is 10.3 Å². The molecule has 112 valence electrons. The first kappa shape index (κ1) is 14.7. The molecule has 0 saturated heterocycles. The number of hydrogen-bond donors (Lipinski definition) is 1. The molecule has 3 rings (SSSR count). The summed E-state index contributed by atoms with van der Waals surface area (Å²) in [5.41, 5.74) is 9.68. The number of halogens is 2. The Morgan fingerprint density at radius 2 is 1.91 bits per heavy atom. The highest BCUT2D eigenvalue weighted by Gasteiger charge is 2.16. The quantitative estimate of drug-likeness (QED) is 0.804. The second kappa shape index (κ2) is 5.87. The van der Waals surface area contributed by atoms with Gasteiger partial charge in [0.2, 0.25) is 0 Å². The standard InChI is InChI=1S/C16H14ClFN4/c1-10-2-7-13(8-14(10)17)22-16(15(9-19)20-21-22)11-3-5-12(18)6-4-11/h2-8H,9,19H2,1H3. The van der Waals surface area contributed by atoms with Crippen LogP contribution in [0.2, 0.25) is 5.02 Å². The van der Waals surface area contributed by atoms with E-state index in [1.54, 1.807) is 16.8 Å². The summed E-state index contributed by atoms with van der Waals surface area (Å²) < 4.78 is 14.8. The second-order valence-electron chi connectivity index (χ2n) is 4.94. The fraction of sp³-hybridized carbons (Fsp3) is 0.125. The molecule has 0 atom stereocenters. The van der Waals surface area contributed by atoms with Gasteiger partial charge in [0.1, 0.15) is 11.5 Å². The van der Waals surface area contributed by atoms with Gasteiger partial charge in [-0.2, -0.15) is 0 Å². The van der Waals surface area contributed by atoms with Gasteiger partial charge in [0.15, 0.2) is 0 Å². The number of aryl methyl sites for hydroxylation is 1. The molecule has 1 heterocycles. The zero-order valence-electron chi connectivity index (χ0n) is 11.9. The van der Waals surface area contributed by atoms with Gasteiger partial charge in [-0.25, -0.2) is 9.07 Å². The second-order valence-corrected chi connectivity index (χ2v) is 5.35. The smallest absolute Gasteiger partial charge is 0.123 e. The summed E-state index contributed by atoms with van der Waals surface area (Å²) in [4.78, 5) is 0. The minimum absolute atomic E-state index is 0.242. The highest BCUT2D eigenvalue weighted by Crippen LogP contribution is 2.27. The largest absolute Gasteiger partial charge is 0.325 e. The van der Waals surface area contributed by atoms with Gasteiger partial charge in [-0.05, 0) is 48.9 Å². The monoisotopic (exact) mass is 316 g/mol. The molecule has 0 amide bonds. The van der Waals surface area contributed by atoms with Crippen molar-refractivity contribution in [3.63, 3.8) is 0 Å². The summed E-state index contributed by atoms with van der Waals surface area (Å²) >= 11 is 6.19. The van der Waals surface area contributed by atoms with Crippen molar-refractivity contribution in [2.24, 2.45) is 5.73 Å². The Morgan fingerprint density at radius 1 is 1.18 bits per heavy atom. The number of nitrogens with zero attached hydrogens (tertiary/aromatic N) is 3. The third-order valence-electron chi connectivity index (χ3n) is 3.45. The van der Waals surface area contributed by atoms with Crippen LogP contribution in [0.25, 0.3) is 16.9 Å². The van der Waals surface area contributed by atoms with Gasteiger partial charge in [-0.3, -0.25) is 0 Å². The van der Waals surface area contributed by atoms with E-state index in [0.717, 1.165) is 22.5 Å². The summed E-state index contributed by atoms with van der Waals surface area (Å²) in [5, 5.41) is 8.92. The number of benzene rings is 2. The molecule has 0 unspecified atom stereocenters. The Bertz CT molecular complexity index is 812. The highest BCUT2D eigenvalue weighted by molar-refractivity contribution is 6.31. The molecule has 4 nitrogen and oxygen atoms in total. The summed E-state index contributed by atoms with van der Waals surface area (Å²) in [7, 11) is 0. The van der Waals surface area contributed by atoms with Gasteiger partial charge in [0, 0.05) is 17.1 Å². The molecule has 1 aromatic heterocycles. The molecular formula is C16H14ClFN4. The number of hydrogen-bond acceptors (Lipinski definition) is 3. The zero-order chi connectivity index (χ0) is 15.7. The van der Waals surface area contributed by atoms with E-state index >= 15 is 0 Å². The van der Waals surface area contributed by atoms with Gasteiger partial charge >= 0.3 is 0 Å². The fourth-order valence-corrected chi connectivity index (χ4v) is 2.42. The molecule has 2 aromatic carbocycles. The molecule has 0 spiro atoms. The van der Waals surface area contributed by atoms with E-state index in [1.807, 2.05) is 25.1 Å². The predicted molar refractivity (Wildman–Crippen MR) is 84.4 cm³/mol. The van der Waals surface area contributed by atoms with Gasteiger partial charge in [0.05, 0.1) is 11.4 Å². The van der Waals surface area contributed by atoms with Crippen LogP contribution in [0.3, 0.4) is 0 Å². The molecule has 0 aliphatic heterocycles. The van der Waals surface area contributed by atoms with Crippen LogP contribution >= 0.6 is 11.6 Å². The highest BCUT2D eigenvalue weighted by atomic mass is 35.5. The van der Waals surface area contributed by atoms with Crippen LogP contribution in [-0.4, -0.2) is 15.0 Å². The van der Waals surface area contributed by atoms with Crippen molar-refractivity contribution in [3.05, 3.63) is 64.6 Å². The van der Waals surface area contributed by atoms with E-state index in [-0.39, 0.29) is 12.4 Å². The van der Waals surface area contributed by atoms with Crippen molar-refractivity contribution in [1.29, 1.82) is 0 Å². The number of nitrogens with two attached hydrogens (primary N) is 1. The molecule has 0 aliphatic rings. The van der Waals surface area contributed by atoms with E-state index in [0.29, 0.717) is 10.7 Å². The number of aromatic nitrogens is 3. The first-order valence-electron chi connectivity index (χ1n) is 6.77. The lowest BCUT2D eigenvalue weighted by Crippen LogP contribution is -2.03. The van der Waals surface area contributed by atoms with Gasteiger partial charge in [-0.1, -0.05) is 22.9 Å². The molecule has 0 radical (unpaired) electrons. The zero-order valence-corrected chi connectivity index (χ0v) is 12.7. The Balaban J connectivity index is 2.18. The molecular weight excluding hydrogens is 303 g/mol. The van der Waals surface area contributed by atoms with Crippen molar-refractivity contribution in [3.8, 4) is 16.9 Å². The van der Waals surface area contributed by atoms with Crippen molar-refractivity contribution in [2.75, 3.05) is 0 Å². The normalized spacial score (nSPS) is 10.9. The van der Waals surface area contributed by atoms with Crippen LogP contribution in [0.15, 0.2) is 42.5 Å². The van der Waals surface area contributed by atoms with Crippen molar-refractivity contribution in [2.45, 2.75) is 13.5 Å². The SMILES string of the molecule is Cc1ccc(-n2nnc(CN)c2-c2ccc(F)cc2)cc1Cl. The minimum atomic E-state index is -0.296. The Kier molecular flexibility index (Phi) is 3.92. The Labute approximate surface area is 132 Å². The maximum atomic E-state index is 13.2. The van der Waals surface area contributed by atoms with Gasteiger partial charge in [-0.15, -0.1) is 5.10 Å². The maximum Gasteiger partial charge on any atom is 0.123 e. The summed E-state index contributed by atoms with van der Waals surface area (Å²) in [6, 6.07) is 11.8. The van der Waals surface area contributed by atoms with E-state index in [9.17, 15) is 4.39 Å². The summed E-state index contributed by atoms with van der Waals surface area (Å²) in [6.45, 7) is 2.17. The van der Waals surface area contributed by atoms with Crippen LogP contribution in [0.1, 0.15) is 11.3 Å². The van der Waals surface area contributed by atoms with E-state index in [4.69, 9.17) is 17.3 Å². The lowest BCUT2D eigenvalue weighted by molar-refractivity contribution is 0.628. The third-order valence-corrected chi connectivity index (χ3v) is 3.86. The molecule has 3 aromatic rings. The molecule has 6 heteroatoms. The van der Waals surface area contributed by atoms with Crippen LogP contribution in [-0.2, 0) is 6.54 Å². The van der Waals surface area contributed by atoms with Crippen molar-refractivity contribution < 1.29 is 4.39 Å². The van der Waals surface area contributed by atoms with Gasteiger partial charge < -0.3 is 5.73 Å². The first-order chi connectivity index (χ1) is 10.6. The van der Waals surface area contributed by atoms with E-state index < -0.39 is 0 Å². The lowest BCUT2D eigenvalue weighted by Gasteiger charge is -2.09. The first-order valence-corrected chi connectivity index (χ1v) is 7.15. The predicted octanol–water partition coefficient (Wildman–Crippen LogP) is 3.49. The van der Waals surface area contributed by atoms with Crippen molar-refractivity contribution in [1.82, 2.24) is 15.0 Å². The molecule has 0 aliphatic carbocycles. The molecule has 0 bridgehead atoms. The average molecular weight is 317 g/mol. The van der Waals surface area contributed by atoms with E-state index in [1.165, 1.54) is 12.1 Å². The van der Waals surface area contributed by atoms with Crippen LogP contribution in [0.5, 0.6) is 0 Å². The van der Waals surface area contributed by atoms with Crippen LogP contribution in [0, 0.1) is 12.7 Å². The minimum Gasteiger partial charge on any atom is -0.325 e. The molecule has 22 heavy (non-hydrogen) atoms. The summed E-state index contributed by atoms with van der Waals surface area (Å²) in [5.74, 6) is -0.296. The lowest BCUT2D eigenvalue weighted by atomic mass is 10.1. The van der Waals surface area contributed by atoms with Crippen molar-refractivity contribution >= 4 is 11.6 Å². The Morgan fingerprint density at radius 3 is 2.55 bits per heavy atom. The van der Waals surface area contributed by atoms with Crippen LogP contribution in [0.4, 0.5) is 4.39 Å². The number of rotatable bonds is 3. The third kappa shape index (κ3) is 2.61. The van der Waals surface area contributed by atoms with Crippen LogP contribution < -0.4 is 5.73 Å². The maximum absolute atomic E-state index is 13.2.